The highest BCUT2D eigenvalue weighted by atomic mass is 19.1. The number of hydrogen-bond donors (Lipinski definition) is 1. The van der Waals surface area contributed by atoms with Crippen molar-refractivity contribution in [2.45, 2.75) is 25.2 Å². The van der Waals surface area contributed by atoms with Crippen LogP contribution >= 0.6 is 0 Å². The molecule has 3 aromatic rings. The summed E-state index contributed by atoms with van der Waals surface area (Å²) < 4.78 is 25.5. The second-order valence-corrected chi connectivity index (χ2v) is 7.99. The zero-order chi connectivity index (χ0) is 21.6. The Hall–Kier alpha value is -3.67. The number of anilines is 1. The highest BCUT2D eigenvalue weighted by Crippen LogP contribution is 2.51. The smallest absolute Gasteiger partial charge is 0.235 e. The van der Waals surface area contributed by atoms with E-state index < -0.39 is 11.2 Å². The summed E-state index contributed by atoms with van der Waals surface area (Å²) in [6.07, 6.45) is 2.15. The number of ether oxygens (including phenoxy) is 2. The first-order valence-corrected chi connectivity index (χ1v) is 10.1. The molecule has 6 heteroatoms. The minimum atomic E-state index is -0.690. The minimum Gasteiger partial charge on any atom is -0.454 e. The fourth-order valence-electron chi connectivity index (χ4n) is 4.03. The number of rotatable bonds is 5. The van der Waals surface area contributed by atoms with E-state index in [9.17, 15) is 14.0 Å². The van der Waals surface area contributed by atoms with Gasteiger partial charge in [0.25, 0.3) is 0 Å². The monoisotopic (exact) mass is 417 g/mol. The van der Waals surface area contributed by atoms with E-state index in [0.29, 0.717) is 29.9 Å². The van der Waals surface area contributed by atoms with Gasteiger partial charge >= 0.3 is 0 Å². The highest BCUT2D eigenvalue weighted by Gasteiger charge is 2.51. The van der Waals surface area contributed by atoms with E-state index in [2.05, 4.69) is 5.32 Å². The highest BCUT2D eigenvalue weighted by molar-refractivity contribution is 6.02. The lowest BCUT2D eigenvalue weighted by atomic mass is 9.94. The molecule has 0 saturated heterocycles. The summed E-state index contributed by atoms with van der Waals surface area (Å²) in [5.74, 6) is 0.561. The van der Waals surface area contributed by atoms with Crippen molar-refractivity contribution in [1.29, 1.82) is 0 Å². The molecule has 0 spiro atoms. The van der Waals surface area contributed by atoms with Crippen LogP contribution in [0.3, 0.4) is 0 Å². The normalized spacial score (nSPS) is 15.4. The zero-order valence-electron chi connectivity index (χ0n) is 16.9. The molecule has 0 atom stereocenters. The number of amides is 1. The Labute approximate surface area is 178 Å². The van der Waals surface area contributed by atoms with Crippen molar-refractivity contribution in [2.24, 2.45) is 0 Å². The second-order valence-electron chi connectivity index (χ2n) is 7.99. The third-order valence-corrected chi connectivity index (χ3v) is 6.03. The predicted octanol–water partition coefficient (Wildman–Crippen LogP) is 5.01. The molecule has 0 aromatic heterocycles. The van der Waals surface area contributed by atoms with Gasteiger partial charge in [0.05, 0.1) is 11.1 Å². The van der Waals surface area contributed by atoms with Crippen LogP contribution in [0.1, 0.15) is 34.3 Å². The lowest BCUT2D eigenvalue weighted by Gasteiger charge is -2.18. The molecule has 1 heterocycles. The number of aryl methyl sites for hydroxylation is 1. The molecule has 0 unspecified atom stereocenters. The molecule has 5 nitrogen and oxygen atoms in total. The van der Waals surface area contributed by atoms with Crippen molar-refractivity contribution < 1.29 is 23.5 Å². The van der Waals surface area contributed by atoms with E-state index in [1.807, 2.05) is 31.2 Å². The SMILES string of the molecule is Cc1cc(F)c(NC(=O)C2(c3ccc4c(c3)OCO4)CC2)cc1-c1ccc(C=O)cc1. The molecule has 5 rings (SSSR count). The third kappa shape index (κ3) is 3.34. The van der Waals surface area contributed by atoms with Gasteiger partial charge in [-0.05, 0) is 66.3 Å². The Balaban J connectivity index is 1.44. The number of carbonyl (C=O) groups excluding carboxylic acids is 2. The van der Waals surface area contributed by atoms with Crippen LogP contribution in [0.25, 0.3) is 11.1 Å². The molecule has 0 radical (unpaired) electrons. The number of halogens is 1. The summed E-state index contributed by atoms with van der Waals surface area (Å²) in [5.41, 5.74) is 3.23. The first-order chi connectivity index (χ1) is 15.0. The lowest BCUT2D eigenvalue weighted by Crippen LogP contribution is -2.28. The molecular formula is C25H20FNO4. The molecule has 2 aliphatic rings. The Kier molecular flexibility index (Phi) is 4.50. The Bertz CT molecular complexity index is 1200. The van der Waals surface area contributed by atoms with Crippen LogP contribution in [0.4, 0.5) is 10.1 Å². The molecule has 3 aromatic carbocycles. The van der Waals surface area contributed by atoms with Gasteiger partial charge in [-0.1, -0.05) is 30.3 Å². The largest absolute Gasteiger partial charge is 0.454 e. The molecule has 156 valence electrons. The van der Waals surface area contributed by atoms with Crippen LogP contribution in [0.15, 0.2) is 54.6 Å². The minimum absolute atomic E-state index is 0.136. The van der Waals surface area contributed by atoms with E-state index in [-0.39, 0.29) is 18.4 Å². The summed E-state index contributed by atoms with van der Waals surface area (Å²) in [5, 5.41) is 2.80. The summed E-state index contributed by atoms with van der Waals surface area (Å²) in [6.45, 7) is 1.98. The molecule has 1 aliphatic carbocycles. The van der Waals surface area contributed by atoms with Crippen LogP contribution in [0, 0.1) is 12.7 Å². The topological polar surface area (TPSA) is 64.6 Å². The molecule has 31 heavy (non-hydrogen) atoms. The van der Waals surface area contributed by atoms with E-state index in [0.717, 1.165) is 28.5 Å². The van der Waals surface area contributed by atoms with Gasteiger partial charge in [-0.3, -0.25) is 9.59 Å². The average Bonchev–Trinajstić information content (AvgIpc) is 3.46. The molecule has 1 amide bonds. The maximum absolute atomic E-state index is 14.7. The summed E-state index contributed by atoms with van der Waals surface area (Å²) in [4.78, 5) is 24.1. The second kappa shape index (κ2) is 7.23. The van der Waals surface area contributed by atoms with E-state index in [4.69, 9.17) is 9.47 Å². The molecule has 1 fully saturated rings. The molecule has 1 saturated carbocycles. The van der Waals surface area contributed by atoms with E-state index in [1.165, 1.54) is 6.07 Å². The number of aldehydes is 1. The van der Waals surface area contributed by atoms with Gasteiger partial charge in [0.1, 0.15) is 12.1 Å². The summed E-state index contributed by atoms with van der Waals surface area (Å²) >= 11 is 0. The van der Waals surface area contributed by atoms with Crippen molar-refractivity contribution in [1.82, 2.24) is 0 Å². The Morgan fingerprint density at radius 3 is 2.48 bits per heavy atom. The quantitative estimate of drug-likeness (QED) is 0.593. The zero-order valence-corrected chi connectivity index (χ0v) is 16.9. The van der Waals surface area contributed by atoms with Gasteiger partial charge in [-0.25, -0.2) is 4.39 Å². The Morgan fingerprint density at radius 2 is 1.77 bits per heavy atom. The molecule has 1 N–H and O–H groups in total. The number of fused-ring (bicyclic) bond motifs is 1. The van der Waals surface area contributed by atoms with Crippen molar-refractivity contribution >= 4 is 17.9 Å². The first kappa shape index (κ1) is 19.3. The van der Waals surface area contributed by atoms with Crippen LogP contribution in [0.2, 0.25) is 0 Å². The van der Waals surface area contributed by atoms with E-state index >= 15 is 0 Å². The number of carbonyl (C=O) groups is 2. The number of nitrogens with one attached hydrogen (secondary N) is 1. The van der Waals surface area contributed by atoms with Gasteiger partial charge in [0, 0.05) is 5.56 Å². The number of hydrogen-bond acceptors (Lipinski definition) is 4. The van der Waals surface area contributed by atoms with Gasteiger partial charge in [0.2, 0.25) is 12.7 Å². The lowest BCUT2D eigenvalue weighted by molar-refractivity contribution is -0.118. The van der Waals surface area contributed by atoms with Crippen molar-refractivity contribution in [3.8, 4) is 22.6 Å². The van der Waals surface area contributed by atoms with Gasteiger partial charge in [-0.15, -0.1) is 0 Å². The fraction of sp³-hybridized carbons (Fsp3) is 0.200. The third-order valence-electron chi connectivity index (χ3n) is 6.03. The van der Waals surface area contributed by atoms with Crippen molar-refractivity contribution in [2.75, 3.05) is 12.1 Å². The maximum Gasteiger partial charge on any atom is 0.235 e. The summed E-state index contributed by atoms with van der Waals surface area (Å²) in [7, 11) is 0. The summed E-state index contributed by atoms with van der Waals surface area (Å²) in [6, 6.07) is 15.6. The Morgan fingerprint density at radius 1 is 1.03 bits per heavy atom. The average molecular weight is 417 g/mol. The van der Waals surface area contributed by atoms with Gasteiger partial charge in [0.15, 0.2) is 11.5 Å². The molecule has 1 aliphatic heterocycles. The van der Waals surface area contributed by atoms with Crippen LogP contribution in [-0.4, -0.2) is 19.0 Å². The van der Waals surface area contributed by atoms with Crippen LogP contribution in [-0.2, 0) is 10.2 Å². The maximum atomic E-state index is 14.7. The molecular weight excluding hydrogens is 397 g/mol. The van der Waals surface area contributed by atoms with E-state index in [1.54, 1.807) is 24.3 Å². The van der Waals surface area contributed by atoms with Gasteiger partial charge < -0.3 is 14.8 Å². The number of benzene rings is 3. The predicted molar refractivity (Wildman–Crippen MR) is 114 cm³/mol. The standard InChI is InChI=1S/C25H20FNO4/c1-15-10-20(26)21(12-19(15)17-4-2-16(13-28)3-5-17)27-24(29)25(8-9-25)18-6-7-22-23(11-18)31-14-30-22/h2-7,10-13H,8-9,14H2,1H3,(H,27,29). The molecule has 0 bridgehead atoms. The van der Waals surface area contributed by atoms with Gasteiger partial charge in [-0.2, -0.15) is 0 Å². The van der Waals surface area contributed by atoms with Crippen molar-refractivity contribution in [3.63, 3.8) is 0 Å². The first-order valence-electron chi connectivity index (χ1n) is 10.1. The van der Waals surface area contributed by atoms with Crippen LogP contribution < -0.4 is 14.8 Å². The van der Waals surface area contributed by atoms with Crippen LogP contribution in [0.5, 0.6) is 11.5 Å². The van der Waals surface area contributed by atoms with Crippen molar-refractivity contribution in [3.05, 3.63) is 77.1 Å². The fourth-order valence-corrected chi connectivity index (χ4v) is 4.03.